The van der Waals surface area contributed by atoms with E-state index in [0.717, 1.165) is 5.56 Å². The summed E-state index contributed by atoms with van der Waals surface area (Å²) in [6.45, 7) is 0. The van der Waals surface area contributed by atoms with E-state index in [1.165, 1.54) is 18.2 Å². The molecule has 5 heteroatoms. The molecular formula is C9H7FN3O. The van der Waals surface area contributed by atoms with Gasteiger partial charge < -0.3 is 4.74 Å². The van der Waals surface area contributed by atoms with Crippen molar-refractivity contribution in [2.45, 2.75) is 12.8 Å². The number of aryl methyl sites for hydroxylation is 1. The molecule has 1 radical (unpaired) electrons. The van der Waals surface area contributed by atoms with Crippen LogP contribution >= 0.6 is 0 Å². The van der Waals surface area contributed by atoms with Gasteiger partial charge in [0.1, 0.15) is 11.6 Å². The fourth-order valence-electron chi connectivity index (χ4n) is 1.38. The van der Waals surface area contributed by atoms with Gasteiger partial charge in [0, 0.05) is 11.3 Å². The van der Waals surface area contributed by atoms with E-state index >= 15 is 0 Å². The van der Waals surface area contributed by atoms with E-state index in [1.807, 2.05) is 0 Å². The first-order chi connectivity index (χ1) is 6.79. The van der Waals surface area contributed by atoms with Gasteiger partial charge in [0.15, 0.2) is 0 Å². The van der Waals surface area contributed by atoms with Crippen LogP contribution in [0, 0.1) is 12.0 Å². The molecule has 1 aromatic rings. The number of hydrogen-bond donors (Lipinski definition) is 0. The maximum absolute atomic E-state index is 12.8. The van der Waals surface area contributed by atoms with Crippen LogP contribution in [0.5, 0.6) is 5.75 Å². The summed E-state index contributed by atoms with van der Waals surface area (Å²) >= 11 is 0. The first-order valence-corrected chi connectivity index (χ1v) is 4.17. The SMILES string of the molecule is [N-]=[N+]=N[C]1CCc2cc(F)ccc2O1. The summed E-state index contributed by atoms with van der Waals surface area (Å²) in [5.41, 5.74) is 9.02. The van der Waals surface area contributed by atoms with Crippen LogP contribution in [-0.4, -0.2) is 0 Å². The van der Waals surface area contributed by atoms with E-state index in [9.17, 15) is 4.39 Å². The van der Waals surface area contributed by atoms with Gasteiger partial charge in [-0.1, -0.05) is 0 Å². The van der Waals surface area contributed by atoms with Crippen molar-refractivity contribution in [2.24, 2.45) is 5.11 Å². The number of ether oxygens (including phenoxy) is 1. The monoisotopic (exact) mass is 192 g/mol. The van der Waals surface area contributed by atoms with Gasteiger partial charge in [-0.2, -0.15) is 0 Å². The maximum Gasteiger partial charge on any atom is 0.233 e. The molecule has 14 heavy (non-hydrogen) atoms. The fourth-order valence-corrected chi connectivity index (χ4v) is 1.38. The van der Waals surface area contributed by atoms with Gasteiger partial charge in [-0.05, 0) is 40.8 Å². The molecule has 1 aliphatic rings. The summed E-state index contributed by atoms with van der Waals surface area (Å²) in [6.07, 6.45) is 1.49. The lowest BCUT2D eigenvalue weighted by Crippen LogP contribution is -2.12. The summed E-state index contributed by atoms with van der Waals surface area (Å²) in [6, 6.07) is 4.29. The van der Waals surface area contributed by atoms with Crippen molar-refractivity contribution in [1.82, 2.24) is 0 Å². The summed E-state index contributed by atoms with van der Waals surface area (Å²) < 4.78 is 18.1. The number of azide groups is 1. The lowest BCUT2D eigenvalue weighted by Gasteiger charge is -2.21. The van der Waals surface area contributed by atoms with Crippen LogP contribution in [0.15, 0.2) is 23.3 Å². The molecule has 0 saturated carbocycles. The molecule has 0 saturated heterocycles. The average Bonchev–Trinajstić information content (AvgIpc) is 2.19. The molecule has 1 heterocycles. The van der Waals surface area contributed by atoms with Crippen molar-refractivity contribution in [3.05, 3.63) is 46.3 Å². The van der Waals surface area contributed by atoms with Gasteiger partial charge in [0.2, 0.25) is 6.23 Å². The molecule has 2 rings (SSSR count). The minimum Gasteiger partial charge on any atom is -0.476 e. The highest BCUT2D eigenvalue weighted by Gasteiger charge is 2.19. The van der Waals surface area contributed by atoms with Gasteiger partial charge in [0.25, 0.3) is 0 Å². The Bertz CT molecular complexity index is 401. The third-order valence-electron chi connectivity index (χ3n) is 2.01. The van der Waals surface area contributed by atoms with E-state index < -0.39 is 0 Å². The van der Waals surface area contributed by atoms with E-state index in [0.29, 0.717) is 24.8 Å². The third kappa shape index (κ3) is 1.63. The number of fused-ring (bicyclic) bond motifs is 1. The van der Waals surface area contributed by atoms with E-state index in [2.05, 4.69) is 10.0 Å². The first-order valence-electron chi connectivity index (χ1n) is 4.17. The standard InChI is InChI=1S/C9H7FN3O/c10-7-2-3-8-6(5-7)1-4-9(14-8)12-13-11/h2-3,5H,1,4H2. The predicted octanol–water partition coefficient (Wildman–Crippen LogP) is 2.95. The molecule has 1 aliphatic heterocycles. The van der Waals surface area contributed by atoms with Gasteiger partial charge >= 0.3 is 0 Å². The molecule has 0 unspecified atom stereocenters. The van der Waals surface area contributed by atoms with Gasteiger partial charge in [-0.25, -0.2) is 4.39 Å². The molecule has 4 nitrogen and oxygen atoms in total. The van der Waals surface area contributed by atoms with E-state index in [4.69, 9.17) is 10.3 Å². The number of nitrogens with zero attached hydrogens (tertiary/aromatic N) is 3. The highest BCUT2D eigenvalue weighted by atomic mass is 19.1. The number of benzene rings is 1. The fraction of sp³-hybridized carbons (Fsp3) is 0.222. The number of rotatable bonds is 1. The Labute approximate surface area is 79.9 Å². The Balaban J connectivity index is 2.27. The lowest BCUT2D eigenvalue weighted by molar-refractivity contribution is 0.284. The topological polar surface area (TPSA) is 58.0 Å². The Hall–Kier alpha value is -1.74. The molecular weight excluding hydrogens is 185 g/mol. The molecule has 0 spiro atoms. The summed E-state index contributed by atoms with van der Waals surface area (Å²) in [4.78, 5) is 2.64. The van der Waals surface area contributed by atoms with Crippen molar-refractivity contribution >= 4 is 0 Å². The molecule has 0 bridgehead atoms. The van der Waals surface area contributed by atoms with Crippen molar-refractivity contribution < 1.29 is 9.13 Å². The van der Waals surface area contributed by atoms with Crippen molar-refractivity contribution in [1.29, 1.82) is 0 Å². The summed E-state index contributed by atoms with van der Waals surface area (Å²) in [5.74, 6) is 0.291. The molecule has 0 atom stereocenters. The first kappa shape index (κ1) is 8.84. The number of hydrogen-bond acceptors (Lipinski definition) is 2. The molecule has 1 aromatic carbocycles. The van der Waals surface area contributed by atoms with E-state index in [-0.39, 0.29) is 5.82 Å². The second-order valence-electron chi connectivity index (χ2n) is 2.94. The minimum absolute atomic E-state index is 0.278. The third-order valence-corrected chi connectivity index (χ3v) is 2.01. The van der Waals surface area contributed by atoms with Gasteiger partial charge in [-0.15, -0.1) is 0 Å². The zero-order valence-electron chi connectivity index (χ0n) is 7.27. The van der Waals surface area contributed by atoms with E-state index in [1.54, 1.807) is 0 Å². The lowest BCUT2D eigenvalue weighted by atomic mass is 10.1. The van der Waals surface area contributed by atoms with Crippen LogP contribution in [0.25, 0.3) is 10.4 Å². The van der Waals surface area contributed by atoms with Crippen molar-refractivity contribution in [3.63, 3.8) is 0 Å². The molecule has 0 N–H and O–H groups in total. The normalized spacial score (nSPS) is 15.2. The molecule has 0 fully saturated rings. The highest BCUT2D eigenvalue weighted by molar-refractivity contribution is 5.36. The molecule has 71 valence electrons. The van der Waals surface area contributed by atoms with Gasteiger partial charge in [-0.3, -0.25) is 0 Å². The second-order valence-corrected chi connectivity index (χ2v) is 2.94. The average molecular weight is 192 g/mol. The molecule has 0 aliphatic carbocycles. The maximum atomic E-state index is 12.8. The van der Waals surface area contributed by atoms with Crippen LogP contribution in [0.4, 0.5) is 4.39 Å². The van der Waals surface area contributed by atoms with Crippen molar-refractivity contribution in [3.8, 4) is 5.75 Å². The Morgan fingerprint density at radius 3 is 3.07 bits per heavy atom. The highest BCUT2D eigenvalue weighted by Crippen LogP contribution is 2.31. The smallest absolute Gasteiger partial charge is 0.233 e. The quantitative estimate of drug-likeness (QED) is 0.383. The zero-order chi connectivity index (χ0) is 9.97. The second kappa shape index (κ2) is 3.55. The largest absolute Gasteiger partial charge is 0.476 e. The van der Waals surface area contributed by atoms with Crippen molar-refractivity contribution in [2.75, 3.05) is 0 Å². The molecule has 0 amide bonds. The Morgan fingerprint density at radius 2 is 2.29 bits per heavy atom. The Morgan fingerprint density at radius 1 is 1.43 bits per heavy atom. The zero-order valence-corrected chi connectivity index (χ0v) is 7.27. The van der Waals surface area contributed by atoms with Crippen LogP contribution in [-0.2, 0) is 6.42 Å². The van der Waals surface area contributed by atoms with Crippen LogP contribution in [0.1, 0.15) is 12.0 Å². The van der Waals surface area contributed by atoms with Crippen LogP contribution in [0.3, 0.4) is 0 Å². The van der Waals surface area contributed by atoms with Gasteiger partial charge in [0.05, 0.1) is 0 Å². The summed E-state index contributed by atoms with van der Waals surface area (Å²) in [7, 11) is 0. The molecule has 0 aromatic heterocycles. The van der Waals surface area contributed by atoms with Crippen LogP contribution < -0.4 is 4.74 Å². The van der Waals surface area contributed by atoms with Crippen LogP contribution in [0.2, 0.25) is 0 Å². The predicted molar refractivity (Wildman–Crippen MR) is 47.7 cm³/mol. The minimum atomic E-state index is -0.278. The summed E-state index contributed by atoms with van der Waals surface area (Å²) in [5, 5.41) is 3.39. The number of halogens is 1. The Kier molecular flexibility index (Phi) is 2.24.